The summed E-state index contributed by atoms with van der Waals surface area (Å²) in [5.74, 6) is -3.65. The number of halogens is 4. The Kier molecular flexibility index (Phi) is 6.10. The minimum atomic E-state index is -4.79. The van der Waals surface area contributed by atoms with E-state index in [2.05, 4.69) is 26.3 Å². The van der Waals surface area contributed by atoms with Crippen molar-refractivity contribution in [1.29, 1.82) is 0 Å². The van der Waals surface area contributed by atoms with E-state index in [1.54, 1.807) is 0 Å². The molecule has 0 aromatic carbocycles. The third-order valence-electron chi connectivity index (χ3n) is 4.46. The number of alkyl halides is 3. The predicted octanol–water partition coefficient (Wildman–Crippen LogP) is 1.12. The van der Waals surface area contributed by atoms with Gasteiger partial charge in [-0.05, 0) is 15.9 Å². The van der Waals surface area contributed by atoms with E-state index in [-0.39, 0.29) is 23.6 Å². The minimum Gasteiger partial charge on any atom is -0.477 e. The molecule has 15 heteroatoms. The van der Waals surface area contributed by atoms with Gasteiger partial charge in [0, 0.05) is 25.3 Å². The highest BCUT2D eigenvalue weighted by atomic mass is 79.9. The van der Waals surface area contributed by atoms with Crippen molar-refractivity contribution in [3.8, 4) is 0 Å². The number of nitrogens with zero attached hydrogens (tertiary/aromatic N) is 3. The standard InChI is InChI=1S/C16H14BrF3N4O6S/c1-5(25)30-3-6-4-31-14-8(13(27)24(14)9(6)15(28)29)21-12(26)10-7(17)11(16(18,19)20)22-23(10)2/h8,14H,3-4H2,1-2H3,(H,21,26)(H,28,29)/t8-,14+/m0/s1. The number of rotatable bonds is 5. The van der Waals surface area contributed by atoms with Gasteiger partial charge in [0.05, 0.1) is 4.47 Å². The quantitative estimate of drug-likeness (QED) is 0.431. The first kappa shape index (κ1) is 23.1. The SMILES string of the molecule is CC(=O)OCC1=C(C(=O)O)N2C(=O)[C@H](NC(=O)c3c(Br)c(C(F)(F)F)nn3C)[C@H]2SC1. The number of carboxylic acids is 1. The Balaban J connectivity index is 1.81. The van der Waals surface area contributed by atoms with Crippen LogP contribution in [0.2, 0.25) is 0 Å². The fourth-order valence-electron chi connectivity index (χ4n) is 3.12. The fourth-order valence-corrected chi connectivity index (χ4v) is 5.19. The molecule has 3 heterocycles. The topological polar surface area (TPSA) is 131 Å². The van der Waals surface area contributed by atoms with Crippen molar-refractivity contribution in [1.82, 2.24) is 20.0 Å². The number of hydrogen-bond acceptors (Lipinski definition) is 7. The van der Waals surface area contributed by atoms with Crippen molar-refractivity contribution >= 4 is 51.4 Å². The van der Waals surface area contributed by atoms with Gasteiger partial charge in [0.25, 0.3) is 11.8 Å². The van der Waals surface area contributed by atoms with Crippen molar-refractivity contribution < 1.29 is 42.2 Å². The number of aromatic nitrogens is 2. The molecule has 1 fully saturated rings. The smallest absolute Gasteiger partial charge is 0.436 e. The lowest BCUT2D eigenvalue weighted by atomic mass is 10.0. The number of ether oxygens (including phenoxy) is 1. The van der Waals surface area contributed by atoms with Gasteiger partial charge in [0.1, 0.15) is 29.4 Å². The number of amides is 2. The normalized spacial score (nSPS) is 20.8. The molecule has 10 nitrogen and oxygen atoms in total. The molecule has 2 N–H and O–H groups in total. The lowest BCUT2D eigenvalue weighted by Crippen LogP contribution is -2.70. The highest BCUT2D eigenvalue weighted by Gasteiger charge is 2.54. The van der Waals surface area contributed by atoms with Crippen molar-refractivity contribution in [2.24, 2.45) is 7.05 Å². The summed E-state index contributed by atoms with van der Waals surface area (Å²) in [6.07, 6.45) is -4.79. The van der Waals surface area contributed by atoms with E-state index in [9.17, 15) is 37.5 Å². The number of esters is 1. The number of nitrogens with one attached hydrogen (secondary N) is 1. The first-order valence-corrected chi connectivity index (χ1v) is 10.3. The zero-order valence-electron chi connectivity index (χ0n) is 15.8. The molecule has 0 bridgehead atoms. The highest BCUT2D eigenvalue weighted by Crippen LogP contribution is 2.41. The number of aryl methyl sites for hydroxylation is 1. The summed E-state index contributed by atoms with van der Waals surface area (Å²) >= 11 is 3.85. The first-order chi connectivity index (χ1) is 14.3. The van der Waals surface area contributed by atoms with Crippen LogP contribution in [-0.2, 0) is 32.3 Å². The zero-order chi connectivity index (χ0) is 23.2. The lowest BCUT2D eigenvalue weighted by Gasteiger charge is -2.49. The predicted molar refractivity (Wildman–Crippen MR) is 102 cm³/mol. The summed E-state index contributed by atoms with van der Waals surface area (Å²) in [5.41, 5.74) is -1.86. The second-order valence-corrected chi connectivity index (χ2v) is 8.43. The zero-order valence-corrected chi connectivity index (χ0v) is 18.2. The van der Waals surface area contributed by atoms with Crippen LogP contribution in [0, 0.1) is 0 Å². The Bertz CT molecular complexity index is 1020. The Hall–Kier alpha value is -2.55. The summed E-state index contributed by atoms with van der Waals surface area (Å²) in [7, 11) is 1.14. The van der Waals surface area contributed by atoms with Crippen molar-refractivity contribution in [2.45, 2.75) is 24.5 Å². The maximum Gasteiger partial charge on any atom is 0.436 e. The minimum absolute atomic E-state index is 0.114. The number of fused-ring (bicyclic) bond motifs is 1. The van der Waals surface area contributed by atoms with E-state index in [4.69, 9.17) is 4.74 Å². The molecular weight excluding hydrogens is 513 g/mol. The van der Waals surface area contributed by atoms with Crippen LogP contribution in [0.1, 0.15) is 23.1 Å². The maximum atomic E-state index is 13.0. The number of carbonyl (C=O) groups excluding carboxylic acids is 3. The summed E-state index contributed by atoms with van der Waals surface area (Å²) in [5, 5.41) is 14.4. The Morgan fingerprint density at radius 1 is 1.39 bits per heavy atom. The van der Waals surface area contributed by atoms with Gasteiger partial charge in [0.2, 0.25) is 0 Å². The molecule has 0 saturated carbocycles. The maximum absolute atomic E-state index is 13.0. The van der Waals surface area contributed by atoms with E-state index in [0.29, 0.717) is 0 Å². The number of hydrogen-bond donors (Lipinski definition) is 2. The van der Waals surface area contributed by atoms with E-state index < -0.39 is 57.2 Å². The van der Waals surface area contributed by atoms with Crippen LogP contribution in [0.15, 0.2) is 15.7 Å². The molecule has 2 atom stereocenters. The molecule has 0 aliphatic carbocycles. The second-order valence-electron chi connectivity index (χ2n) is 6.53. The number of carboxylic acid groups (broad SMARTS) is 1. The van der Waals surface area contributed by atoms with Crippen LogP contribution in [0.3, 0.4) is 0 Å². The lowest BCUT2D eigenvalue weighted by molar-refractivity contribution is -0.149. The summed E-state index contributed by atoms with van der Waals surface area (Å²) in [6.45, 7) is 0.848. The van der Waals surface area contributed by atoms with Gasteiger partial charge in [-0.15, -0.1) is 11.8 Å². The fraction of sp³-hybridized carbons (Fsp3) is 0.438. The third-order valence-corrected chi connectivity index (χ3v) is 6.55. The van der Waals surface area contributed by atoms with Crippen LogP contribution < -0.4 is 5.32 Å². The van der Waals surface area contributed by atoms with Gasteiger partial charge in [-0.3, -0.25) is 24.0 Å². The first-order valence-electron chi connectivity index (χ1n) is 8.48. The molecule has 0 spiro atoms. The van der Waals surface area contributed by atoms with Gasteiger partial charge < -0.3 is 15.2 Å². The van der Waals surface area contributed by atoms with Crippen molar-refractivity contribution in [2.75, 3.05) is 12.4 Å². The van der Waals surface area contributed by atoms with E-state index in [1.165, 1.54) is 0 Å². The van der Waals surface area contributed by atoms with Gasteiger partial charge in [-0.25, -0.2) is 4.79 Å². The van der Waals surface area contributed by atoms with Gasteiger partial charge >= 0.3 is 18.1 Å². The van der Waals surface area contributed by atoms with E-state index >= 15 is 0 Å². The molecule has 0 unspecified atom stereocenters. The Morgan fingerprint density at radius 3 is 2.55 bits per heavy atom. The van der Waals surface area contributed by atoms with Crippen LogP contribution in [0.25, 0.3) is 0 Å². The molecule has 1 saturated heterocycles. The summed E-state index contributed by atoms with van der Waals surface area (Å²) in [6, 6.07) is -1.15. The molecule has 31 heavy (non-hydrogen) atoms. The summed E-state index contributed by atoms with van der Waals surface area (Å²) in [4.78, 5) is 48.8. The van der Waals surface area contributed by atoms with Gasteiger partial charge in [0.15, 0.2) is 5.69 Å². The number of β-lactam (4-membered cyclic amide) rings is 1. The third kappa shape index (κ3) is 4.15. The van der Waals surface area contributed by atoms with Crippen molar-refractivity contribution in [3.63, 3.8) is 0 Å². The molecule has 2 amide bonds. The van der Waals surface area contributed by atoms with Crippen LogP contribution in [0.4, 0.5) is 13.2 Å². The highest BCUT2D eigenvalue weighted by molar-refractivity contribution is 9.10. The van der Waals surface area contributed by atoms with E-state index in [1.807, 2.05) is 0 Å². The molecule has 1 aromatic heterocycles. The Morgan fingerprint density at radius 2 is 2.03 bits per heavy atom. The average molecular weight is 527 g/mol. The number of thioether (sulfide) groups is 1. The second kappa shape index (κ2) is 8.18. The van der Waals surface area contributed by atoms with E-state index in [0.717, 1.165) is 35.3 Å². The molecule has 168 valence electrons. The molecule has 2 aliphatic rings. The molecular formula is C16H14BrF3N4O6S. The number of carbonyl (C=O) groups is 4. The van der Waals surface area contributed by atoms with Crippen LogP contribution in [-0.4, -0.2) is 67.3 Å². The van der Waals surface area contributed by atoms with Crippen LogP contribution in [0.5, 0.6) is 0 Å². The average Bonchev–Trinajstić information content (AvgIpc) is 2.97. The molecule has 3 rings (SSSR count). The van der Waals surface area contributed by atoms with Gasteiger partial charge in [-0.2, -0.15) is 18.3 Å². The molecule has 0 radical (unpaired) electrons. The molecule has 2 aliphatic heterocycles. The van der Waals surface area contributed by atoms with Crippen molar-refractivity contribution in [3.05, 3.63) is 27.1 Å². The molecule has 1 aromatic rings. The monoisotopic (exact) mass is 526 g/mol. The summed E-state index contributed by atoms with van der Waals surface area (Å²) < 4.78 is 44.0. The largest absolute Gasteiger partial charge is 0.477 e. The van der Waals surface area contributed by atoms with Crippen LogP contribution >= 0.6 is 27.7 Å². The van der Waals surface area contributed by atoms with Gasteiger partial charge in [-0.1, -0.05) is 0 Å². The Labute approximate surface area is 184 Å². The number of aliphatic carboxylic acids is 1.